The second-order valence-corrected chi connectivity index (χ2v) is 7.19. The van der Waals surface area contributed by atoms with Crippen LogP contribution in [-0.4, -0.2) is 31.8 Å². The van der Waals surface area contributed by atoms with E-state index in [2.05, 4.69) is 46.6 Å². The Morgan fingerprint density at radius 1 is 1.03 bits per heavy atom. The maximum Gasteiger partial charge on any atom is 0.261 e. The van der Waals surface area contributed by atoms with Crippen LogP contribution in [0, 0.1) is 13.8 Å². The summed E-state index contributed by atoms with van der Waals surface area (Å²) in [5.41, 5.74) is 4.91. The number of carbonyl (C=O) groups is 1. The third kappa shape index (κ3) is 4.15. The van der Waals surface area contributed by atoms with E-state index in [1.807, 2.05) is 48.5 Å². The molecular weight excluding hydrogens is 378 g/mol. The van der Waals surface area contributed by atoms with Crippen molar-refractivity contribution in [2.45, 2.75) is 33.4 Å². The second-order valence-electron chi connectivity index (χ2n) is 7.19. The van der Waals surface area contributed by atoms with Gasteiger partial charge in [-0.1, -0.05) is 30.3 Å². The number of fused-ring (bicyclic) bond motifs is 1. The van der Waals surface area contributed by atoms with E-state index in [0.717, 1.165) is 11.3 Å². The first-order valence-corrected chi connectivity index (χ1v) is 9.79. The molecule has 4 rings (SSSR count). The molecule has 1 amide bonds. The molecule has 7 heteroatoms. The molecule has 152 valence electrons. The molecule has 0 spiro atoms. The number of hydrogen-bond acceptors (Lipinski definition) is 5. The van der Waals surface area contributed by atoms with Crippen molar-refractivity contribution >= 4 is 11.6 Å². The van der Waals surface area contributed by atoms with Gasteiger partial charge in [-0.05, 0) is 62.2 Å². The number of carbonyl (C=O) groups excluding carboxylic acids is 1. The van der Waals surface area contributed by atoms with Crippen LogP contribution in [0.2, 0.25) is 0 Å². The fraction of sp³-hybridized carbons (Fsp3) is 0.217. The molecule has 0 saturated carbocycles. The molecule has 2 aromatic carbocycles. The smallest absolute Gasteiger partial charge is 0.261 e. The normalized spacial score (nSPS) is 12.0. The lowest BCUT2D eigenvalue weighted by Crippen LogP contribution is -2.36. The summed E-state index contributed by atoms with van der Waals surface area (Å²) < 4.78 is 7.32. The number of hydrogen-bond donors (Lipinski definition) is 1. The predicted octanol–water partition coefficient (Wildman–Crippen LogP) is 3.49. The van der Waals surface area contributed by atoms with Gasteiger partial charge in [0.05, 0.1) is 12.2 Å². The van der Waals surface area contributed by atoms with Gasteiger partial charge in [-0.3, -0.25) is 4.79 Å². The third-order valence-electron chi connectivity index (χ3n) is 4.98. The zero-order valence-electron chi connectivity index (χ0n) is 17.2. The monoisotopic (exact) mass is 401 g/mol. The summed E-state index contributed by atoms with van der Waals surface area (Å²) in [5, 5.41) is 15.8. The largest absolute Gasteiger partial charge is 0.481 e. The zero-order chi connectivity index (χ0) is 21.1. The summed E-state index contributed by atoms with van der Waals surface area (Å²) in [5.74, 6) is 0.963. The average molecular weight is 401 g/mol. The first-order chi connectivity index (χ1) is 14.5. The molecule has 0 bridgehead atoms. The van der Waals surface area contributed by atoms with Gasteiger partial charge in [0.1, 0.15) is 5.75 Å². The fourth-order valence-corrected chi connectivity index (χ4v) is 3.06. The average Bonchev–Trinajstić information content (AvgIpc) is 3.17. The molecule has 0 fully saturated rings. The van der Waals surface area contributed by atoms with Crippen LogP contribution in [0.1, 0.15) is 23.9 Å². The lowest BCUT2D eigenvalue weighted by molar-refractivity contribution is -0.127. The Bertz CT molecular complexity index is 1190. The van der Waals surface area contributed by atoms with Crippen LogP contribution in [0.3, 0.4) is 0 Å². The van der Waals surface area contributed by atoms with E-state index in [4.69, 9.17) is 4.74 Å². The Kier molecular flexibility index (Phi) is 5.43. The number of para-hydroxylation sites is 1. The van der Waals surface area contributed by atoms with Gasteiger partial charge in [-0.15, -0.1) is 10.2 Å². The van der Waals surface area contributed by atoms with Crippen molar-refractivity contribution in [3.05, 3.63) is 77.6 Å². The number of ether oxygens (including phenoxy) is 1. The van der Waals surface area contributed by atoms with Crippen molar-refractivity contribution in [2.75, 3.05) is 0 Å². The van der Waals surface area contributed by atoms with E-state index in [-0.39, 0.29) is 12.5 Å². The first kappa shape index (κ1) is 19.6. The number of nitrogens with zero attached hydrogens (tertiary/aromatic N) is 4. The summed E-state index contributed by atoms with van der Waals surface area (Å²) in [6, 6.07) is 19.3. The summed E-state index contributed by atoms with van der Waals surface area (Å²) in [6.07, 6.45) is -0.634. The van der Waals surface area contributed by atoms with Crippen LogP contribution in [0.15, 0.2) is 60.7 Å². The molecule has 4 aromatic rings. The first-order valence-electron chi connectivity index (χ1n) is 9.79. The molecule has 2 heterocycles. The minimum Gasteiger partial charge on any atom is -0.481 e. The van der Waals surface area contributed by atoms with Gasteiger partial charge in [0.25, 0.3) is 5.91 Å². The Labute approximate surface area is 174 Å². The highest BCUT2D eigenvalue weighted by atomic mass is 16.5. The number of benzene rings is 2. The number of rotatable bonds is 6. The highest BCUT2D eigenvalue weighted by Crippen LogP contribution is 2.20. The molecule has 0 aliphatic carbocycles. The van der Waals surface area contributed by atoms with Crippen LogP contribution < -0.4 is 10.1 Å². The van der Waals surface area contributed by atoms with E-state index in [0.29, 0.717) is 17.2 Å². The zero-order valence-corrected chi connectivity index (χ0v) is 17.2. The van der Waals surface area contributed by atoms with Gasteiger partial charge in [0.2, 0.25) is 0 Å². The third-order valence-corrected chi connectivity index (χ3v) is 4.98. The Balaban J connectivity index is 1.49. The van der Waals surface area contributed by atoms with Crippen LogP contribution >= 0.6 is 0 Å². The van der Waals surface area contributed by atoms with Crippen molar-refractivity contribution < 1.29 is 9.53 Å². The summed E-state index contributed by atoms with van der Waals surface area (Å²) in [7, 11) is 0. The minimum atomic E-state index is -0.634. The van der Waals surface area contributed by atoms with Gasteiger partial charge in [0, 0.05) is 5.56 Å². The Hall–Kier alpha value is -3.74. The van der Waals surface area contributed by atoms with Gasteiger partial charge < -0.3 is 10.1 Å². The van der Waals surface area contributed by atoms with Gasteiger partial charge >= 0.3 is 0 Å². The number of aromatic nitrogens is 4. The standard InChI is InChI=1S/C23H23N5O2/c1-15-9-10-18(13-16(15)2)20-11-12-21-25-26-22(28(21)27-20)14-24-23(29)17(3)30-19-7-5-4-6-8-19/h4-13,17H,14H2,1-3H3,(H,24,29). The van der Waals surface area contributed by atoms with Crippen molar-refractivity contribution in [1.29, 1.82) is 0 Å². The highest BCUT2D eigenvalue weighted by molar-refractivity contribution is 5.80. The SMILES string of the molecule is Cc1ccc(-c2ccc3nnc(CNC(=O)C(C)Oc4ccccc4)n3n2)cc1C. The van der Waals surface area contributed by atoms with Crippen LogP contribution in [0.4, 0.5) is 0 Å². The van der Waals surface area contributed by atoms with Gasteiger partial charge in [-0.2, -0.15) is 9.61 Å². The number of aryl methyl sites for hydroxylation is 2. The molecule has 7 nitrogen and oxygen atoms in total. The molecule has 0 aliphatic heterocycles. The quantitative estimate of drug-likeness (QED) is 0.535. The predicted molar refractivity (Wildman–Crippen MR) is 114 cm³/mol. The Morgan fingerprint density at radius 2 is 1.83 bits per heavy atom. The second kappa shape index (κ2) is 8.32. The topological polar surface area (TPSA) is 81.4 Å². The van der Waals surface area contributed by atoms with Crippen molar-refractivity contribution in [3.8, 4) is 17.0 Å². The van der Waals surface area contributed by atoms with Crippen molar-refractivity contribution in [1.82, 2.24) is 25.1 Å². The molecule has 1 atom stereocenters. The maximum atomic E-state index is 12.4. The summed E-state index contributed by atoms with van der Waals surface area (Å²) >= 11 is 0. The number of nitrogens with one attached hydrogen (secondary N) is 1. The van der Waals surface area contributed by atoms with Gasteiger partial charge in [0.15, 0.2) is 17.6 Å². The summed E-state index contributed by atoms with van der Waals surface area (Å²) in [6.45, 7) is 6.07. The van der Waals surface area contributed by atoms with E-state index < -0.39 is 6.10 Å². The lowest BCUT2D eigenvalue weighted by atomic mass is 10.0. The fourth-order valence-electron chi connectivity index (χ4n) is 3.06. The van der Waals surface area contributed by atoms with Crippen LogP contribution in [0.25, 0.3) is 16.9 Å². The lowest BCUT2D eigenvalue weighted by Gasteiger charge is -2.14. The maximum absolute atomic E-state index is 12.4. The Morgan fingerprint density at radius 3 is 2.60 bits per heavy atom. The van der Waals surface area contributed by atoms with E-state index >= 15 is 0 Å². The van der Waals surface area contributed by atoms with E-state index in [1.165, 1.54) is 11.1 Å². The molecule has 30 heavy (non-hydrogen) atoms. The van der Waals surface area contributed by atoms with E-state index in [1.54, 1.807) is 11.4 Å². The van der Waals surface area contributed by atoms with Crippen LogP contribution in [-0.2, 0) is 11.3 Å². The molecular formula is C23H23N5O2. The molecule has 2 aromatic heterocycles. The molecule has 0 aliphatic rings. The van der Waals surface area contributed by atoms with Crippen molar-refractivity contribution in [3.63, 3.8) is 0 Å². The number of amides is 1. The van der Waals surface area contributed by atoms with Crippen LogP contribution in [0.5, 0.6) is 5.75 Å². The molecule has 1 unspecified atom stereocenters. The molecule has 0 saturated heterocycles. The molecule has 1 N–H and O–H groups in total. The molecule has 0 radical (unpaired) electrons. The van der Waals surface area contributed by atoms with Gasteiger partial charge in [-0.25, -0.2) is 0 Å². The minimum absolute atomic E-state index is 0.200. The van der Waals surface area contributed by atoms with Crippen molar-refractivity contribution in [2.24, 2.45) is 0 Å². The highest BCUT2D eigenvalue weighted by Gasteiger charge is 2.16. The van der Waals surface area contributed by atoms with E-state index in [9.17, 15) is 4.79 Å². The summed E-state index contributed by atoms with van der Waals surface area (Å²) in [4.78, 5) is 12.4.